The van der Waals surface area contributed by atoms with E-state index >= 15 is 0 Å². The Kier molecular flexibility index (Phi) is 18.8. The van der Waals surface area contributed by atoms with Crippen molar-refractivity contribution in [2.45, 2.75) is 84.5 Å². The van der Waals surface area contributed by atoms with Gasteiger partial charge in [-0.15, -0.1) is 0 Å². The van der Waals surface area contributed by atoms with Gasteiger partial charge in [0.1, 0.15) is 6.61 Å². The van der Waals surface area contributed by atoms with Crippen LogP contribution in [0.4, 0.5) is 0 Å². The van der Waals surface area contributed by atoms with Gasteiger partial charge < -0.3 is 4.74 Å². The average Bonchev–Trinajstić information content (AvgIpc) is 2.47. The predicted octanol–water partition coefficient (Wildman–Crippen LogP) is 5.28. The monoisotopic (exact) mass is 288 g/mol. The first-order valence-electron chi connectivity index (χ1n) is 8.74. The van der Waals surface area contributed by atoms with Gasteiger partial charge in [-0.2, -0.15) is 0 Å². The highest BCUT2D eigenvalue weighted by molar-refractivity contribution is 4.47. The molecular formula is C17H36O3. The number of hydrogen-bond donors (Lipinski definition) is 0. The molecule has 0 aromatic carbocycles. The molecular weight excluding hydrogens is 252 g/mol. The Balaban J connectivity index is 2.89. The molecule has 0 aromatic heterocycles. The van der Waals surface area contributed by atoms with E-state index in [1.807, 2.05) is 0 Å². The van der Waals surface area contributed by atoms with Gasteiger partial charge in [-0.1, -0.05) is 71.6 Å². The second-order valence-electron chi connectivity index (χ2n) is 5.44. The number of rotatable bonds is 17. The third kappa shape index (κ3) is 17.9. The molecule has 20 heavy (non-hydrogen) atoms. The summed E-state index contributed by atoms with van der Waals surface area (Å²) in [6, 6.07) is 0. The zero-order valence-electron chi connectivity index (χ0n) is 13.8. The van der Waals surface area contributed by atoms with Gasteiger partial charge in [0.25, 0.3) is 0 Å². The molecule has 3 nitrogen and oxygen atoms in total. The molecule has 0 saturated heterocycles. The first-order valence-corrected chi connectivity index (χ1v) is 8.74. The third-order valence-electron chi connectivity index (χ3n) is 3.32. The molecule has 0 rings (SSSR count). The maximum absolute atomic E-state index is 5.48. The molecule has 0 amide bonds. The molecule has 0 aromatic rings. The Morgan fingerprint density at radius 3 is 1.60 bits per heavy atom. The highest BCUT2D eigenvalue weighted by atomic mass is 17.2. The zero-order valence-corrected chi connectivity index (χ0v) is 13.8. The Morgan fingerprint density at radius 2 is 1.00 bits per heavy atom. The molecule has 0 unspecified atom stereocenters. The topological polar surface area (TPSA) is 27.7 Å². The Labute approximate surface area is 126 Å². The van der Waals surface area contributed by atoms with Crippen molar-refractivity contribution < 1.29 is 14.5 Å². The normalized spacial score (nSPS) is 11.1. The molecule has 0 aliphatic heterocycles. The molecule has 0 heterocycles. The summed E-state index contributed by atoms with van der Waals surface area (Å²) in [6.45, 7) is 7.03. The summed E-state index contributed by atoms with van der Waals surface area (Å²) < 4.78 is 5.48. The summed E-state index contributed by atoms with van der Waals surface area (Å²) in [7, 11) is 0. The van der Waals surface area contributed by atoms with Crippen LogP contribution in [-0.2, 0) is 14.5 Å². The third-order valence-corrected chi connectivity index (χ3v) is 3.32. The average molecular weight is 288 g/mol. The first-order chi connectivity index (χ1) is 9.91. The molecule has 0 bridgehead atoms. The van der Waals surface area contributed by atoms with E-state index in [4.69, 9.17) is 14.5 Å². The fraction of sp³-hybridized carbons (Fsp3) is 1.00. The van der Waals surface area contributed by atoms with Crippen molar-refractivity contribution in [2.75, 3.05) is 26.4 Å². The lowest BCUT2D eigenvalue weighted by molar-refractivity contribution is -0.298. The fourth-order valence-electron chi connectivity index (χ4n) is 2.09. The second-order valence-corrected chi connectivity index (χ2v) is 5.44. The van der Waals surface area contributed by atoms with Gasteiger partial charge >= 0.3 is 0 Å². The van der Waals surface area contributed by atoms with Crippen LogP contribution in [0.5, 0.6) is 0 Å². The molecule has 0 fully saturated rings. The van der Waals surface area contributed by atoms with E-state index in [2.05, 4.69) is 13.8 Å². The molecule has 0 saturated carbocycles. The van der Waals surface area contributed by atoms with Crippen LogP contribution in [-0.4, -0.2) is 26.4 Å². The number of hydrogen-bond acceptors (Lipinski definition) is 3. The first kappa shape index (κ1) is 19.9. The standard InChI is InChI=1S/C17H36O3/c1-3-5-6-7-8-9-10-11-12-13-15-18-16-17-20-19-14-4-2/h3-17H2,1-2H3. The Morgan fingerprint density at radius 1 is 0.450 bits per heavy atom. The molecule has 0 atom stereocenters. The van der Waals surface area contributed by atoms with Gasteiger partial charge in [-0.25, -0.2) is 9.78 Å². The largest absolute Gasteiger partial charge is 0.379 e. The smallest absolute Gasteiger partial charge is 0.106 e. The van der Waals surface area contributed by atoms with Crippen LogP contribution in [0.2, 0.25) is 0 Å². The van der Waals surface area contributed by atoms with Gasteiger partial charge in [0.2, 0.25) is 0 Å². The summed E-state index contributed by atoms with van der Waals surface area (Å²) in [5, 5.41) is 0. The maximum Gasteiger partial charge on any atom is 0.106 e. The summed E-state index contributed by atoms with van der Waals surface area (Å²) in [6.07, 6.45) is 14.6. The molecule has 0 aliphatic carbocycles. The molecule has 0 aliphatic rings. The molecule has 0 radical (unpaired) electrons. The minimum absolute atomic E-state index is 0.539. The molecule has 3 heteroatoms. The van der Waals surface area contributed by atoms with E-state index in [-0.39, 0.29) is 0 Å². The van der Waals surface area contributed by atoms with Crippen LogP contribution in [0.1, 0.15) is 84.5 Å². The Bertz CT molecular complexity index is 144. The highest BCUT2D eigenvalue weighted by Gasteiger charge is 1.94. The van der Waals surface area contributed by atoms with Crippen LogP contribution < -0.4 is 0 Å². The quantitative estimate of drug-likeness (QED) is 0.207. The Hall–Kier alpha value is -0.120. The van der Waals surface area contributed by atoms with Gasteiger partial charge in [0.05, 0.1) is 13.2 Å². The van der Waals surface area contributed by atoms with E-state index in [0.29, 0.717) is 19.8 Å². The van der Waals surface area contributed by atoms with Crippen molar-refractivity contribution in [3.63, 3.8) is 0 Å². The van der Waals surface area contributed by atoms with Crippen molar-refractivity contribution in [1.82, 2.24) is 0 Å². The summed E-state index contributed by atoms with van der Waals surface area (Å²) >= 11 is 0. The van der Waals surface area contributed by atoms with Crippen LogP contribution >= 0.6 is 0 Å². The van der Waals surface area contributed by atoms with Crippen molar-refractivity contribution in [3.05, 3.63) is 0 Å². The van der Waals surface area contributed by atoms with Gasteiger partial charge in [0.15, 0.2) is 0 Å². The number of unbranched alkanes of at least 4 members (excludes halogenated alkanes) is 9. The summed E-state index contributed by atoms with van der Waals surface area (Å²) in [5.74, 6) is 0. The second kappa shape index (κ2) is 18.9. The van der Waals surface area contributed by atoms with Crippen molar-refractivity contribution >= 4 is 0 Å². The van der Waals surface area contributed by atoms with Gasteiger partial charge in [-0.3, -0.25) is 0 Å². The minimum atomic E-state index is 0.539. The lowest BCUT2D eigenvalue weighted by Gasteiger charge is -2.05. The van der Waals surface area contributed by atoms with E-state index in [1.54, 1.807) is 0 Å². The van der Waals surface area contributed by atoms with Gasteiger partial charge in [0, 0.05) is 6.61 Å². The highest BCUT2D eigenvalue weighted by Crippen LogP contribution is 2.10. The molecule has 0 N–H and O–H groups in total. The van der Waals surface area contributed by atoms with Crippen LogP contribution in [0.3, 0.4) is 0 Å². The lowest BCUT2D eigenvalue weighted by atomic mass is 10.1. The summed E-state index contributed by atoms with van der Waals surface area (Å²) in [5.41, 5.74) is 0. The van der Waals surface area contributed by atoms with Crippen molar-refractivity contribution in [2.24, 2.45) is 0 Å². The van der Waals surface area contributed by atoms with Crippen molar-refractivity contribution in [3.8, 4) is 0 Å². The number of ether oxygens (including phenoxy) is 1. The lowest BCUT2D eigenvalue weighted by Crippen LogP contribution is -2.06. The van der Waals surface area contributed by atoms with Crippen molar-refractivity contribution in [1.29, 1.82) is 0 Å². The SMILES string of the molecule is CCCCCCCCCCCCOCCOOCCC. The van der Waals surface area contributed by atoms with E-state index in [0.717, 1.165) is 13.0 Å². The van der Waals surface area contributed by atoms with Crippen LogP contribution in [0.25, 0.3) is 0 Å². The van der Waals surface area contributed by atoms with Crippen LogP contribution in [0.15, 0.2) is 0 Å². The van der Waals surface area contributed by atoms with E-state index < -0.39 is 0 Å². The van der Waals surface area contributed by atoms with Crippen LogP contribution in [0, 0.1) is 0 Å². The minimum Gasteiger partial charge on any atom is -0.379 e. The van der Waals surface area contributed by atoms with E-state index in [1.165, 1.54) is 64.2 Å². The summed E-state index contributed by atoms with van der Waals surface area (Å²) in [4.78, 5) is 9.86. The fourth-order valence-corrected chi connectivity index (χ4v) is 2.09. The predicted molar refractivity (Wildman–Crippen MR) is 84.9 cm³/mol. The van der Waals surface area contributed by atoms with E-state index in [9.17, 15) is 0 Å². The molecule has 122 valence electrons. The molecule has 0 spiro atoms. The zero-order chi connectivity index (χ0) is 14.7. The maximum atomic E-state index is 5.48. The van der Waals surface area contributed by atoms with Gasteiger partial charge in [-0.05, 0) is 12.8 Å².